The molecule has 0 spiro atoms. The summed E-state index contributed by atoms with van der Waals surface area (Å²) in [5, 5.41) is 21.6. The molecule has 0 aromatic rings. The van der Waals surface area contributed by atoms with Crippen LogP contribution < -0.4 is 5.32 Å². The minimum absolute atomic E-state index is 0.00484. The van der Waals surface area contributed by atoms with Crippen LogP contribution in [0.1, 0.15) is 51.4 Å². The number of hydrogen-bond donors (Lipinski definition) is 2. The van der Waals surface area contributed by atoms with E-state index in [1.807, 2.05) is 0 Å². The van der Waals surface area contributed by atoms with Gasteiger partial charge in [-0.3, -0.25) is 9.59 Å². The first-order chi connectivity index (χ1) is 13.1. The van der Waals surface area contributed by atoms with Crippen LogP contribution in [0.5, 0.6) is 0 Å². The maximum Gasteiger partial charge on any atom is 0.224 e. The Bertz CT molecular complexity index is 578. The molecule has 3 fully saturated rings. The van der Waals surface area contributed by atoms with E-state index < -0.39 is 11.5 Å². The number of aliphatic hydroxyl groups is 1. The first-order valence-electron chi connectivity index (χ1n) is 10.3. The number of nitriles is 1. The van der Waals surface area contributed by atoms with E-state index in [4.69, 9.17) is 4.74 Å². The van der Waals surface area contributed by atoms with E-state index in [0.29, 0.717) is 45.1 Å². The van der Waals surface area contributed by atoms with Crippen molar-refractivity contribution >= 4 is 11.8 Å². The van der Waals surface area contributed by atoms with Crippen molar-refractivity contribution in [2.45, 2.75) is 56.9 Å². The summed E-state index contributed by atoms with van der Waals surface area (Å²) in [6.07, 6.45) is 7.21. The molecule has 7 nitrogen and oxygen atoms in total. The second-order valence-corrected chi connectivity index (χ2v) is 8.29. The lowest BCUT2D eigenvalue weighted by Crippen LogP contribution is -2.45. The van der Waals surface area contributed by atoms with Crippen molar-refractivity contribution < 1.29 is 19.4 Å². The number of carbonyl (C=O) groups excluding carboxylic acids is 2. The largest absolute Gasteiger partial charge is 0.396 e. The van der Waals surface area contributed by atoms with Crippen molar-refractivity contribution in [3.63, 3.8) is 0 Å². The van der Waals surface area contributed by atoms with E-state index >= 15 is 0 Å². The summed E-state index contributed by atoms with van der Waals surface area (Å²) in [5.74, 6) is -0.349. The highest BCUT2D eigenvalue weighted by atomic mass is 16.5. The fraction of sp³-hybridized carbons (Fsp3) is 0.850. The van der Waals surface area contributed by atoms with Crippen LogP contribution in [-0.4, -0.2) is 60.3 Å². The number of amides is 2. The van der Waals surface area contributed by atoms with Crippen LogP contribution in [0, 0.1) is 29.1 Å². The topological polar surface area (TPSA) is 103 Å². The zero-order valence-electron chi connectivity index (χ0n) is 16.0. The summed E-state index contributed by atoms with van der Waals surface area (Å²) < 4.78 is 5.30. The molecular formula is C20H31N3O4. The Morgan fingerprint density at radius 1 is 1.26 bits per heavy atom. The molecular weight excluding hydrogens is 346 g/mol. The Labute approximate surface area is 161 Å². The lowest BCUT2D eigenvalue weighted by Gasteiger charge is -2.30. The van der Waals surface area contributed by atoms with Gasteiger partial charge in [0.1, 0.15) is 5.54 Å². The number of rotatable bonds is 7. The Balaban J connectivity index is 1.63. The molecule has 0 aromatic heterocycles. The van der Waals surface area contributed by atoms with E-state index in [1.165, 1.54) is 19.3 Å². The molecule has 150 valence electrons. The molecule has 2 N–H and O–H groups in total. The molecule has 1 heterocycles. The summed E-state index contributed by atoms with van der Waals surface area (Å²) >= 11 is 0. The number of ether oxygens (including phenoxy) is 1. The Kier molecular flexibility index (Phi) is 6.72. The quantitative estimate of drug-likeness (QED) is 0.694. The fourth-order valence-corrected chi connectivity index (χ4v) is 4.45. The molecule has 0 bridgehead atoms. The van der Waals surface area contributed by atoms with E-state index in [9.17, 15) is 20.0 Å². The molecule has 1 aliphatic heterocycles. The molecule has 3 rings (SSSR count). The van der Waals surface area contributed by atoms with Crippen molar-refractivity contribution in [2.75, 3.05) is 32.9 Å². The third-order valence-corrected chi connectivity index (χ3v) is 6.37. The number of morpholine rings is 1. The lowest BCUT2D eigenvalue weighted by molar-refractivity contribution is -0.140. The molecule has 1 saturated heterocycles. The summed E-state index contributed by atoms with van der Waals surface area (Å²) in [7, 11) is 0. The smallest absolute Gasteiger partial charge is 0.224 e. The monoisotopic (exact) mass is 377 g/mol. The standard InChI is InChI=1S/C20H31N3O4/c21-14-20(12-17(20)13-24)22-19(26)16(10-15-4-2-1-3-5-15)11-18(25)23-6-8-27-9-7-23/h15-17,24H,1-13H2,(H,22,26)/t16-,17?,20-/m1/s1. The van der Waals surface area contributed by atoms with Crippen molar-refractivity contribution in [2.24, 2.45) is 17.8 Å². The van der Waals surface area contributed by atoms with Crippen LogP contribution in [-0.2, 0) is 14.3 Å². The van der Waals surface area contributed by atoms with Gasteiger partial charge in [-0.05, 0) is 18.8 Å². The fourth-order valence-electron chi connectivity index (χ4n) is 4.45. The summed E-state index contributed by atoms with van der Waals surface area (Å²) in [5.41, 5.74) is -0.946. The third kappa shape index (κ3) is 4.99. The van der Waals surface area contributed by atoms with E-state index in [1.54, 1.807) is 4.90 Å². The first kappa shape index (κ1) is 20.1. The molecule has 0 radical (unpaired) electrons. The molecule has 3 atom stereocenters. The Hall–Kier alpha value is -1.65. The van der Waals surface area contributed by atoms with Crippen LogP contribution in [0.4, 0.5) is 0 Å². The minimum Gasteiger partial charge on any atom is -0.396 e. The number of aliphatic hydroxyl groups excluding tert-OH is 1. The number of carbonyl (C=O) groups is 2. The minimum atomic E-state index is -0.946. The van der Waals surface area contributed by atoms with Gasteiger partial charge in [0, 0.05) is 38.0 Å². The zero-order valence-corrected chi connectivity index (χ0v) is 16.0. The predicted octanol–water partition coefficient (Wildman–Crippen LogP) is 1.21. The SMILES string of the molecule is N#C[C@]1(NC(=O)[C@@H](CC(=O)N2CCOCC2)CC2CCCCC2)CC1CO. The maximum absolute atomic E-state index is 13.0. The first-order valence-corrected chi connectivity index (χ1v) is 10.3. The number of nitrogens with zero attached hydrogens (tertiary/aromatic N) is 2. The maximum atomic E-state index is 13.0. The van der Waals surface area contributed by atoms with Crippen LogP contribution in [0.3, 0.4) is 0 Å². The molecule has 2 amide bonds. The van der Waals surface area contributed by atoms with Gasteiger partial charge in [-0.25, -0.2) is 0 Å². The van der Waals surface area contributed by atoms with Gasteiger partial charge in [-0.2, -0.15) is 5.26 Å². The van der Waals surface area contributed by atoms with Crippen molar-refractivity contribution in [3.05, 3.63) is 0 Å². The normalized spacial score (nSPS) is 29.6. The number of hydrogen-bond acceptors (Lipinski definition) is 5. The third-order valence-electron chi connectivity index (χ3n) is 6.37. The molecule has 2 saturated carbocycles. The highest BCUT2D eigenvalue weighted by molar-refractivity contribution is 5.87. The number of nitrogens with one attached hydrogen (secondary N) is 1. The van der Waals surface area contributed by atoms with Crippen molar-refractivity contribution in [3.8, 4) is 6.07 Å². The molecule has 1 unspecified atom stereocenters. The van der Waals surface area contributed by atoms with E-state index in [-0.39, 0.29) is 30.8 Å². The highest BCUT2D eigenvalue weighted by Gasteiger charge is 2.56. The van der Waals surface area contributed by atoms with Crippen LogP contribution in [0.15, 0.2) is 0 Å². The van der Waals surface area contributed by atoms with Gasteiger partial charge in [0.05, 0.1) is 19.3 Å². The summed E-state index contributed by atoms with van der Waals surface area (Å²) in [4.78, 5) is 27.5. The van der Waals surface area contributed by atoms with Gasteiger partial charge in [0.25, 0.3) is 0 Å². The molecule has 3 aliphatic rings. The average molecular weight is 377 g/mol. The van der Waals surface area contributed by atoms with Gasteiger partial charge >= 0.3 is 0 Å². The van der Waals surface area contributed by atoms with Crippen LogP contribution in [0.2, 0.25) is 0 Å². The van der Waals surface area contributed by atoms with E-state index in [0.717, 1.165) is 12.8 Å². The predicted molar refractivity (Wildman–Crippen MR) is 98.4 cm³/mol. The van der Waals surface area contributed by atoms with Gasteiger partial charge in [0.2, 0.25) is 11.8 Å². The van der Waals surface area contributed by atoms with Gasteiger partial charge < -0.3 is 20.1 Å². The Morgan fingerprint density at radius 2 is 1.96 bits per heavy atom. The Morgan fingerprint density at radius 3 is 2.56 bits per heavy atom. The van der Waals surface area contributed by atoms with Crippen LogP contribution >= 0.6 is 0 Å². The van der Waals surface area contributed by atoms with Gasteiger partial charge in [0.15, 0.2) is 0 Å². The lowest BCUT2D eigenvalue weighted by atomic mass is 9.81. The molecule has 7 heteroatoms. The molecule has 2 aliphatic carbocycles. The summed E-state index contributed by atoms with van der Waals surface area (Å²) in [6, 6.07) is 2.16. The van der Waals surface area contributed by atoms with Crippen LogP contribution in [0.25, 0.3) is 0 Å². The second kappa shape index (κ2) is 9.03. The second-order valence-electron chi connectivity index (χ2n) is 8.29. The summed E-state index contributed by atoms with van der Waals surface area (Å²) in [6.45, 7) is 2.13. The van der Waals surface area contributed by atoms with Gasteiger partial charge in [-0.15, -0.1) is 0 Å². The van der Waals surface area contributed by atoms with E-state index in [2.05, 4.69) is 11.4 Å². The van der Waals surface area contributed by atoms with Crippen molar-refractivity contribution in [1.82, 2.24) is 10.2 Å². The van der Waals surface area contributed by atoms with Crippen molar-refractivity contribution in [1.29, 1.82) is 5.26 Å². The van der Waals surface area contributed by atoms with Gasteiger partial charge in [-0.1, -0.05) is 32.1 Å². The highest BCUT2D eigenvalue weighted by Crippen LogP contribution is 2.43. The zero-order chi connectivity index (χ0) is 19.3. The average Bonchev–Trinajstić information content (AvgIpc) is 3.42. The molecule has 0 aromatic carbocycles. The molecule has 27 heavy (non-hydrogen) atoms.